The Balaban J connectivity index is 0. The van der Waals surface area contributed by atoms with Crippen molar-refractivity contribution in [2.45, 2.75) is 25.9 Å². The minimum absolute atomic E-state index is 0.123. The number of alkyl halides is 3. The van der Waals surface area contributed by atoms with Gasteiger partial charge in [-0.05, 0) is 6.42 Å². The van der Waals surface area contributed by atoms with E-state index in [2.05, 4.69) is 4.74 Å². The van der Waals surface area contributed by atoms with Gasteiger partial charge in [0, 0.05) is 6.42 Å². The summed E-state index contributed by atoms with van der Waals surface area (Å²) < 4.78 is 36.1. The van der Waals surface area contributed by atoms with Crippen LogP contribution in [0.15, 0.2) is 0 Å². The van der Waals surface area contributed by atoms with E-state index in [4.69, 9.17) is 9.90 Å². The number of aliphatic carboxylic acids is 1. The van der Waals surface area contributed by atoms with Crippen molar-refractivity contribution in [3.8, 4) is 0 Å². The largest absolute Gasteiger partial charge is 0.490 e. The van der Waals surface area contributed by atoms with E-state index in [0.29, 0.717) is 6.42 Å². The van der Waals surface area contributed by atoms with Gasteiger partial charge in [0.2, 0.25) is 0 Å². The van der Waals surface area contributed by atoms with Crippen LogP contribution in [0.5, 0.6) is 0 Å². The molecule has 0 aromatic carbocycles. The fraction of sp³-hybridized carbons (Fsp3) is 0.714. The first kappa shape index (κ1) is 15.2. The van der Waals surface area contributed by atoms with Crippen LogP contribution in [0.1, 0.15) is 19.8 Å². The van der Waals surface area contributed by atoms with Crippen molar-refractivity contribution in [1.29, 1.82) is 0 Å². The van der Waals surface area contributed by atoms with E-state index in [-0.39, 0.29) is 5.97 Å². The lowest BCUT2D eigenvalue weighted by atomic mass is 10.3. The molecule has 0 saturated heterocycles. The Morgan fingerprint density at radius 1 is 1.36 bits per heavy atom. The topological polar surface area (TPSA) is 63.6 Å². The molecule has 0 aliphatic rings. The van der Waals surface area contributed by atoms with Crippen molar-refractivity contribution in [2.75, 3.05) is 7.11 Å². The molecule has 1 N–H and O–H groups in total. The van der Waals surface area contributed by atoms with Gasteiger partial charge in [0.1, 0.15) is 0 Å². The standard InChI is InChI=1S/C5H10O2.C2HF3O2/c1-3-4-5(6)7-2;3-2(4,5)1(6)7/h3-4H2,1-2H3;(H,6,7). The van der Waals surface area contributed by atoms with Gasteiger partial charge in [-0.2, -0.15) is 13.2 Å². The van der Waals surface area contributed by atoms with E-state index in [9.17, 15) is 18.0 Å². The second kappa shape index (κ2) is 7.16. The van der Waals surface area contributed by atoms with Gasteiger partial charge in [0.15, 0.2) is 0 Å². The summed E-state index contributed by atoms with van der Waals surface area (Å²) in [6.07, 6.45) is -3.68. The summed E-state index contributed by atoms with van der Waals surface area (Å²) in [6, 6.07) is 0. The molecule has 4 nitrogen and oxygen atoms in total. The molecule has 0 radical (unpaired) electrons. The smallest absolute Gasteiger partial charge is 0.475 e. The molecule has 0 fully saturated rings. The van der Waals surface area contributed by atoms with Gasteiger partial charge < -0.3 is 9.84 Å². The van der Waals surface area contributed by atoms with E-state index in [1.54, 1.807) is 0 Å². The molecular weight excluding hydrogens is 205 g/mol. The molecule has 0 heterocycles. The van der Waals surface area contributed by atoms with Gasteiger partial charge in [0.05, 0.1) is 7.11 Å². The molecule has 14 heavy (non-hydrogen) atoms. The van der Waals surface area contributed by atoms with E-state index >= 15 is 0 Å². The molecule has 0 aliphatic carbocycles. The molecule has 0 aliphatic heterocycles. The summed E-state index contributed by atoms with van der Waals surface area (Å²) >= 11 is 0. The number of hydrogen-bond donors (Lipinski definition) is 1. The van der Waals surface area contributed by atoms with Crippen LogP contribution >= 0.6 is 0 Å². The van der Waals surface area contributed by atoms with Gasteiger partial charge in [0.25, 0.3) is 0 Å². The Labute approximate surface area is 78.7 Å². The zero-order valence-corrected chi connectivity index (χ0v) is 7.72. The predicted octanol–water partition coefficient (Wildman–Crippen LogP) is 1.59. The zero-order chi connectivity index (χ0) is 11.8. The van der Waals surface area contributed by atoms with Crippen LogP contribution in [-0.4, -0.2) is 30.3 Å². The third kappa shape index (κ3) is 10.7. The number of ether oxygens (including phenoxy) is 1. The van der Waals surface area contributed by atoms with Crippen LogP contribution in [0.3, 0.4) is 0 Å². The number of carbonyl (C=O) groups is 2. The molecule has 0 saturated carbocycles. The maximum atomic E-state index is 10.6. The summed E-state index contributed by atoms with van der Waals surface area (Å²) in [6.45, 7) is 1.94. The quantitative estimate of drug-likeness (QED) is 0.712. The molecule has 0 atom stereocenters. The molecule has 7 heteroatoms. The SMILES string of the molecule is CCCC(=O)OC.O=C(O)C(F)(F)F. The lowest BCUT2D eigenvalue weighted by Gasteiger charge is -1.93. The molecule has 0 amide bonds. The summed E-state index contributed by atoms with van der Waals surface area (Å²) in [4.78, 5) is 19.1. The van der Waals surface area contributed by atoms with E-state index < -0.39 is 12.1 Å². The average Bonchev–Trinajstić information content (AvgIpc) is 2.04. The van der Waals surface area contributed by atoms with Gasteiger partial charge in [-0.3, -0.25) is 4.79 Å². The third-order valence-corrected chi connectivity index (χ3v) is 0.924. The summed E-state index contributed by atoms with van der Waals surface area (Å²) in [7, 11) is 1.40. The number of carbonyl (C=O) groups excluding carboxylic acids is 1. The fourth-order valence-electron chi connectivity index (χ4n) is 0.306. The number of halogens is 3. The Bertz CT molecular complexity index is 188. The number of carboxylic acids is 1. The number of carboxylic acid groups (broad SMARTS) is 1. The van der Waals surface area contributed by atoms with Gasteiger partial charge in [-0.25, -0.2) is 4.79 Å². The monoisotopic (exact) mass is 216 g/mol. The van der Waals surface area contributed by atoms with E-state index in [0.717, 1.165) is 6.42 Å². The normalized spacial score (nSPS) is 9.79. The lowest BCUT2D eigenvalue weighted by molar-refractivity contribution is -0.192. The summed E-state index contributed by atoms with van der Waals surface area (Å²) in [5, 5.41) is 7.12. The molecule has 0 unspecified atom stereocenters. The second-order valence-corrected chi connectivity index (χ2v) is 2.13. The highest BCUT2D eigenvalue weighted by atomic mass is 19.4. The molecule has 84 valence electrons. The van der Waals surface area contributed by atoms with Crippen molar-refractivity contribution in [2.24, 2.45) is 0 Å². The van der Waals surface area contributed by atoms with Gasteiger partial charge in [-0.15, -0.1) is 0 Å². The highest BCUT2D eigenvalue weighted by molar-refractivity contribution is 5.73. The summed E-state index contributed by atoms with van der Waals surface area (Å²) in [5.41, 5.74) is 0. The fourth-order valence-corrected chi connectivity index (χ4v) is 0.306. The Kier molecular flexibility index (Phi) is 7.78. The van der Waals surface area contributed by atoms with Crippen LogP contribution in [0.2, 0.25) is 0 Å². The number of hydrogen-bond acceptors (Lipinski definition) is 3. The Morgan fingerprint density at radius 3 is 1.79 bits per heavy atom. The first-order chi connectivity index (χ1) is 6.25. The molecule has 0 bridgehead atoms. The molecular formula is C7H11F3O4. The highest BCUT2D eigenvalue weighted by Gasteiger charge is 2.38. The third-order valence-electron chi connectivity index (χ3n) is 0.924. The molecule has 0 spiro atoms. The van der Waals surface area contributed by atoms with E-state index in [1.165, 1.54) is 7.11 Å². The Morgan fingerprint density at radius 2 is 1.71 bits per heavy atom. The van der Waals surface area contributed by atoms with Crippen LogP contribution in [-0.2, 0) is 14.3 Å². The van der Waals surface area contributed by atoms with Crippen molar-refractivity contribution in [3.05, 3.63) is 0 Å². The van der Waals surface area contributed by atoms with Crippen LogP contribution in [0.25, 0.3) is 0 Å². The molecule has 0 aromatic heterocycles. The van der Waals surface area contributed by atoms with Crippen LogP contribution < -0.4 is 0 Å². The summed E-state index contributed by atoms with van der Waals surface area (Å²) in [5.74, 6) is -2.88. The highest BCUT2D eigenvalue weighted by Crippen LogP contribution is 2.13. The first-order valence-corrected chi connectivity index (χ1v) is 3.62. The number of methoxy groups -OCH3 is 1. The zero-order valence-electron chi connectivity index (χ0n) is 7.72. The van der Waals surface area contributed by atoms with Gasteiger partial charge in [-0.1, -0.05) is 6.92 Å². The maximum Gasteiger partial charge on any atom is 0.490 e. The van der Waals surface area contributed by atoms with E-state index in [1.807, 2.05) is 6.92 Å². The lowest BCUT2D eigenvalue weighted by Crippen LogP contribution is -2.21. The van der Waals surface area contributed by atoms with Gasteiger partial charge >= 0.3 is 18.1 Å². The second-order valence-electron chi connectivity index (χ2n) is 2.13. The van der Waals surface area contributed by atoms with Crippen molar-refractivity contribution in [3.63, 3.8) is 0 Å². The Hall–Kier alpha value is -1.27. The number of esters is 1. The minimum atomic E-state index is -5.08. The molecule has 0 rings (SSSR count). The maximum absolute atomic E-state index is 10.6. The predicted molar refractivity (Wildman–Crippen MR) is 40.6 cm³/mol. The number of rotatable bonds is 2. The average molecular weight is 216 g/mol. The first-order valence-electron chi connectivity index (χ1n) is 3.62. The van der Waals surface area contributed by atoms with Crippen LogP contribution in [0.4, 0.5) is 13.2 Å². The van der Waals surface area contributed by atoms with Crippen LogP contribution in [0, 0.1) is 0 Å². The van der Waals surface area contributed by atoms with Crippen molar-refractivity contribution >= 4 is 11.9 Å². The minimum Gasteiger partial charge on any atom is -0.475 e. The van der Waals surface area contributed by atoms with Crippen molar-refractivity contribution < 1.29 is 32.6 Å². The van der Waals surface area contributed by atoms with Crippen molar-refractivity contribution in [1.82, 2.24) is 0 Å². The molecule has 0 aromatic rings.